The largest absolute Gasteiger partial charge is 0.459 e. The molecule has 0 spiro atoms. The standard InChI is InChI=1S/C22H23N5O5/c1-2-27-21(30)16-9-4-3-8-15(16)18(25-27)20(29)24-23-19(28)14-7-5-11-26(13-14)22(31)17-10-6-12-32-17/h3-4,6,8-10,12,14H,2,5,7,11,13H2,1H3,(H,23,28)(H,24,29). The number of hydrogen-bond donors (Lipinski definition) is 2. The van der Waals surface area contributed by atoms with Gasteiger partial charge in [0.05, 0.1) is 17.6 Å². The van der Waals surface area contributed by atoms with Gasteiger partial charge in [-0.15, -0.1) is 0 Å². The van der Waals surface area contributed by atoms with Gasteiger partial charge >= 0.3 is 0 Å². The summed E-state index contributed by atoms with van der Waals surface area (Å²) in [6.07, 6.45) is 2.67. The highest BCUT2D eigenvalue weighted by atomic mass is 16.3. The van der Waals surface area contributed by atoms with Gasteiger partial charge in [-0.1, -0.05) is 18.2 Å². The van der Waals surface area contributed by atoms with Gasteiger partial charge in [0, 0.05) is 25.0 Å². The number of furan rings is 1. The van der Waals surface area contributed by atoms with Crippen LogP contribution in [0, 0.1) is 5.92 Å². The van der Waals surface area contributed by atoms with Crippen LogP contribution in [0.3, 0.4) is 0 Å². The summed E-state index contributed by atoms with van der Waals surface area (Å²) < 4.78 is 6.36. The minimum atomic E-state index is -0.629. The first-order chi connectivity index (χ1) is 15.5. The molecule has 0 bridgehead atoms. The molecule has 3 heterocycles. The second-order valence-electron chi connectivity index (χ2n) is 7.53. The van der Waals surface area contributed by atoms with Gasteiger partial charge < -0.3 is 9.32 Å². The summed E-state index contributed by atoms with van der Waals surface area (Å²) in [4.78, 5) is 51.9. The van der Waals surface area contributed by atoms with E-state index in [1.54, 1.807) is 48.2 Å². The zero-order valence-electron chi connectivity index (χ0n) is 17.5. The number of rotatable bonds is 4. The molecule has 32 heavy (non-hydrogen) atoms. The van der Waals surface area contributed by atoms with Gasteiger partial charge in [0.1, 0.15) is 0 Å². The summed E-state index contributed by atoms with van der Waals surface area (Å²) in [6, 6.07) is 9.91. The number of nitrogens with zero attached hydrogens (tertiary/aromatic N) is 3. The molecule has 3 amide bonds. The van der Waals surface area contributed by atoms with E-state index < -0.39 is 17.7 Å². The summed E-state index contributed by atoms with van der Waals surface area (Å²) in [6.45, 7) is 2.82. The topological polar surface area (TPSA) is 127 Å². The van der Waals surface area contributed by atoms with Crippen LogP contribution >= 0.6 is 0 Å². The van der Waals surface area contributed by atoms with Crippen molar-refractivity contribution in [2.24, 2.45) is 5.92 Å². The second kappa shape index (κ2) is 9.04. The Hall–Kier alpha value is -3.95. The minimum Gasteiger partial charge on any atom is -0.459 e. The number of carbonyl (C=O) groups is 3. The lowest BCUT2D eigenvalue weighted by atomic mass is 9.97. The van der Waals surface area contributed by atoms with Crippen LogP contribution in [0.15, 0.2) is 51.9 Å². The quantitative estimate of drug-likeness (QED) is 0.593. The number of likely N-dealkylation sites (tertiary alicyclic amines) is 1. The molecule has 10 heteroatoms. The SMILES string of the molecule is CCn1nc(C(=O)NNC(=O)C2CCCN(C(=O)c3ccco3)C2)c2ccccc2c1=O. The van der Waals surface area contributed by atoms with E-state index in [1.165, 1.54) is 10.9 Å². The number of hydrogen-bond acceptors (Lipinski definition) is 6. The van der Waals surface area contributed by atoms with Crippen LogP contribution in [0.25, 0.3) is 10.8 Å². The van der Waals surface area contributed by atoms with E-state index in [9.17, 15) is 19.2 Å². The lowest BCUT2D eigenvalue weighted by Gasteiger charge is -2.31. The fraction of sp³-hybridized carbons (Fsp3) is 0.318. The monoisotopic (exact) mass is 437 g/mol. The van der Waals surface area contributed by atoms with Crippen LogP contribution in [0.1, 0.15) is 40.8 Å². The van der Waals surface area contributed by atoms with Gasteiger partial charge in [-0.25, -0.2) is 4.68 Å². The average Bonchev–Trinajstić information content (AvgIpc) is 3.37. The molecule has 1 aliphatic rings. The third-order valence-electron chi connectivity index (χ3n) is 5.49. The van der Waals surface area contributed by atoms with Crippen molar-refractivity contribution in [2.75, 3.05) is 13.1 Å². The molecule has 0 radical (unpaired) electrons. The molecular formula is C22H23N5O5. The zero-order chi connectivity index (χ0) is 22.7. The Balaban J connectivity index is 1.44. The fourth-order valence-electron chi connectivity index (χ4n) is 3.83. The summed E-state index contributed by atoms with van der Waals surface area (Å²) >= 11 is 0. The van der Waals surface area contributed by atoms with Gasteiger partial charge in [0.25, 0.3) is 17.4 Å². The Kier molecular flexibility index (Phi) is 6.02. The molecule has 1 unspecified atom stereocenters. The number of fused-ring (bicyclic) bond motifs is 1. The predicted molar refractivity (Wildman–Crippen MR) is 115 cm³/mol. The maximum absolute atomic E-state index is 12.8. The molecule has 0 saturated carbocycles. The Morgan fingerprint density at radius 2 is 1.91 bits per heavy atom. The molecule has 4 rings (SSSR count). The van der Waals surface area contributed by atoms with Crippen LogP contribution in [-0.4, -0.2) is 45.5 Å². The van der Waals surface area contributed by atoms with Gasteiger partial charge in [-0.3, -0.25) is 30.0 Å². The highest BCUT2D eigenvalue weighted by molar-refractivity contribution is 6.05. The van der Waals surface area contributed by atoms with E-state index in [0.29, 0.717) is 36.7 Å². The first kappa shape index (κ1) is 21.3. The molecule has 1 aliphatic heterocycles. The molecule has 10 nitrogen and oxygen atoms in total. The second-order valence-corrected chi connectivity index (χ2v) is 7.53. The van der Waals surface area contributed by atoms with E-state index in [2.05, 4.69) is 16.0 Å². The zero-order valence-corrected chi connectivity index (χ0v) is 17.5. The number of piperidine rings is 1. The number of aryl methyl sites for hydroxylation is 1. The van der Waals surface area contributed by atoms with Crippen LogP contribution in [0.2, 0.25) is 0 Å². The van der Waals surface area contributed by atoms with E-state index in [1.807, 2.05) is 0 Å². The third-order valence-corrected chi connectivity index (χ3v) is 5.49. The molecule has 2 aromatic heterocycles. The lowest BCUT2D eigenvalue weighted by molar-refractivity contribution is -0.127. The highest BCUT2D eigenvalue weighted by Crippen LogP contribution is 2.19. The molecule has 1 saturated heterocycles. The molecule has 1 aromatic carbocycles. The van der Waals surface area contributed by atoms with Gasteiger partial charge in [0.2, 0.25) is 5.91 Å². The van der Waals surface area contributed by atoms with E-state index in [4.69, 9.17) is 4.42 Å². The minimum absolute atomic E-state index is 0.0422. The lowest BCUT2D eigenvalue weighted by Crippen LogP contribution is -2.50. The van der Waals surface area contributed by atoms with Crippen molar-refractivity contribution in [3.05, 3.63) is 64.5 Å². The maximum atomic E-state index is 12.8. The number of carbonyl (C=O) groups excluding carboxylic acids is 3. The van der Waals surface area contributed by atoms with Crippen molar-refractivity contribution < 1.29 is 18.8 Å². The average molecular weight is 437 g/mol. The normalized spacial score (nSPS) is 16.0. The van der Waals surface area contributed by atoms with Crippen molar-refractivity contribution in [1.82, 2.24) is 25.5 Å². The number of aromatic nitrogens is 2. The Morgan fingerprint density at radius 3 is 2.62 bits per heavy atom. The maximum Gasteiger partial charge on any atom is 0.290 e. The Labute approximate surface area is 183 Å². The van der Waals surface area contributed by atoms with Crippen LogP contribution in [0.5, 0.6) is 0 Å². The van der Waals surface area contributed by atoms with E-state index in [-0.39, 0.29) is 29.5 Å². The molecule has 0 aliphatic carbocycles. The van der Waals surface area contributed by atoms with E-state index in [0.717, 1.165) is 0 Å². The third kappa shape index (κ3) is 4.11. The first-order valence-electron chi connectivity index (χ1n) is 10.4. The number of benzene rings is 1. The van der Waals surface area contributed by atoms with Crippen molar-refractivity contribution in [3.63, 3.8) is 0 Å². The Morgan fingerprint density at radius 1 is 1.12 bits per heavy atom. The molecule has 1 atom stereocenters. The summed E-state index contributed by atoms with van der Waals surface area (Å²) in [7, 11) is 0. The number of amides is 3. The van der Waals surface area contributed by atoms with Crippen LogP contribution < -0.4 is 16.4 Å². The van der Waals surface area contributed by atoms with Gasteiger partial charge in [-0.05, 0) is 38.0 Å². The molecular weight excluding hydrogens is 414 g/mol. The van der Waals surface area contributed by atoms with Crippen molar-refractivity contribution in [2.45, 2.75) is 26.3 Å². The molecule has 3 aromatic rings. The van der Waals surface area contributed by atoms with Gasteiger partial charge in [-0.2, -0.15) is 5.10 Å². The number of hydrazine groups is 1. The predicted octanol–water partition coefficient (Wildman–Crippen LogP) is 1.32. The smallest absolute Gasteiger partial charge is 0.290 e. The van der Waals surface area contributed by atoms with Crippen molar-refractivity contribution in [1.29, 1.82) is 0 Å². The summed E-state index contributed by atoms with van der Waals surface area (Å²) in [5.74, 6) is -1.55. The summed E-state index contributed by atoms with van der Waals surface area (Å²) in [5, 5.41) is 4.93. The Bertz CT molecular complexity index is 1220. The number of nitrogens with one attached hydrogen (secondary N) is 2. The molecule has 1 fully saturated rings. The molecule has 166 valence electrons. The van der Waals surface area contributed by atoms with Crippen LogP contribution in [-0.2, 0) is 11.3 Å². The fourth-order valence-corrected chi connectivity index (χ4v) is 3.83. The first-order valence-corrected chi connectivity index (χ1v) is 10.4. The highest BCUT2D eigenvalue weighted by Gasteiger charge is 2.30. The molecule has 2 N–H and O–H groups in total. The van der Waals surface area contributed by atoms with Crippen molar-refractivity contribution in [3.8, 4) is 0 Å². The van der Waals surface area contributed by atoms with Crippen molar-refractivity contribution >= 4 is 28.5 Å². The van der Waals surface area contributed by atoms with Crippen LogP contribution in [0.4, 0.5) is 0 Å². The summed E-state index contributed by atoms with van der Waals surface area (Å²) in [5.41, 5.74) is 4.58. The van der Waals surface area contributed by atoms with Gasteiger partial charge in [0.15, 0.2) is 11.5 Å². The van der Waals surface area contributed by atoms with E-state index >= 15 is 0 Å².